The maximum absolute atomic E-state index is 5.98. The van der Waals surface area contributed by atoms with Crippen molar-refractivity contribution in [3.05, 3.63) is 45.9 Å². The first-order valence-corrected chi connectivity index (χ1v) is 8.59. The van der Waals surface area contributed by atoms with Crippen LogP contribution in [0, 0.1) is 0 Å². The van der Waals surface area contributed by atoms with Gasteiger partial charge < -0.3 is 24.3 Å². The van der Waals surface area contributed by atoms with E-state index in [1.54, 1.807) is 7.11 Å². The van der Waals surface area contributed by atoms with Gasteiger partial charge in [0.2, 0.25) is 6.79 Å². The second kappa shape index (κ2) is 9.17. The lowest BCUT2D eigenvalue weighted by molar-refractivity contribution is 0.174. The SMILES string of the molecule is CCNCc1cc(Br)c(OCc2ccc3c(c2)OCO3)c(OC)c1.Cl. The van der Waals surface area contributed by atoms with Gasteiger partial charge in [-0.1, -0.05) is 13.0 Å². The lowest BCUT2D eigenvalue weighted by Gasteiger charge is -2.15. The average Bonchev–Trinajstić information content (AvgIpc) is 3.06. The van der Waals surface area contributed by atoms with Crippen LogP contribution in [0.5, 0.6) is 23.0 Å². The second-order valence-corrected chi connectivity index (χ2v) is 6.22. The van der Waals surface area contributed by atoms with E-state index in [1.807, 2.05) is 30.3 Å². The highest BCUT2D eigenvalue weighted by Crippen LogP contribution is 2.38. The van der Waals surface area contributed by atoms with Crippen LogP contribution in [0.25, 0.3) is 0 Å². The Morgan fingerprint density at radius 3 is 2.68 bits per heavy atom. The van der Waals surface area contributed by atoms with Gasteiger partial charge in [-0.3, -0.25) is 0 Å². The van der Waals surface area contributed by atoms with Crippen molar-refractivity contribution in [2.45, 2.75) is 20.1 Å². The van der Waals surface area contributed by atoms with Crippen molar-refractivity contribution < 1.29 is 18.9 Å². The van der Waals surface area contributed by atoms with Gasteiger partial charge in [-0.2, -0.15) is 0 Å². The van der Waals surface area contributed by atoms with Crippen molar-refractivity contribution in [3.63, 3.8) is 0 Å². The molecule has 0 bridgehead atoms. The summed E-state index contributed by atoms with van der Waals surface area (Å²) < 4.78 is 23.0. The first-order chi connectivity index (χ1) is 11.7. The highest BCUT2D eigenvalue weighted by atomic mass is 79.9. The van der Waals surface area contributed by atoms with Crippen LogP contribution in [0.2, 0.25) is 0 Å². The average molecular weight is 431 g/mol. The standard InChI is InChI=1S/C18H20BrNO4.ClH/c1-3-20-9-13-6-14(19)18(17(8-13)21-2)22-10-12-4-5-15-16(7-12)24-11-23-15;/h4-8,20H,3,9-11H2,1-2H3;1H. The second-order valence-electron chi connectivity index (χ2n) is 5.37. The first kappa shape index (κ1) is 19.7. The Kier molecular flexibility index (Phi) is 7.23. The van der Waals surface area contributed by atoms with E-state index in [0.717, 1.165) is 40.2 Å². The Morgan fingerprint density at radius 2 is 1.92 bits per heavy atom. The minimum atomic E-state index is 0. The fraction of sp³-hybridized carbons (Fsp3) is 0.333. The molecule has 1 aliphatic rings. The van der Waals surface area contributed by atoms with Gasteiger partial charge in [0, 0.05) is 6.54 Å². The highest BCUT2D eigenvalue weighted by molar-refractivity contribution is 9.10. The van der Waals surface area contributed by atoms with E-state index < -0.39 is 0 Å². The van der Waals surface area contributed by atoms with Crippen LogP contribution in [0.15, 0.2) is 34.8 Å². The minimum Gasteiger partial charge on any atom is -0.493 e. The molecule has 2 aromatic carbocycles. The number of halogens is 2. The smallest absolute Gasteiger partial charge is 0.231 e. The first-order valence-electron chi connectivity index (χ1n) is 7.79. The van der Waals surface area contributed by atoms with Crippen LogP contribution in [0.1, 0.15) is 18.1 Å². The van der Waals surface area contributed by atoms with Crippen molar-refractivity contribution in [2.24, 2.45) is 0 Å². The van der Waals surface area contributed by atoms with Crippen molar-refractivity contribution in [2.75, 3.05) is 20.4 Å². The molecular weight excluding hydrogens is 410 g/mol. The number of nitrogens with one attached hydrogen (secondary N) is 1. The summed E-state index contributed by atoms with van der Waals surface area (Å²) >= 11 is 3.58. The molecule has 0 radical (unpaired) electrons. The van der Waals surface area contributed by atoms with Crippen LogP contribution < -0.4 is 24.3 Å². The Morgan fingerprint density at radius 1 is 1.12 bits per heavy atom. The molecule has 0 amide bonds. The maximum Gasteiger partial charge on any atom is 0.231 e. The minimum absolute atomic E-state index is 0. The Balaban J connectivity index is 0.00000225. The number of hydrogen-bond acceptors (Lipinski definition) is 5. The topological polar surface area (TPSA) is 49.0 Å². The van der Waals surface area contributed by atoms with Crippen LogP contribution in [0.4, 0.5) is 0 Å². The van der Waals surface area contributed by atoms with Crippen molar-refractivity contribution in [3.8, 4) is 23.0 Å². The number of rotatable bonds is 7. The molecule has 1 N–H and O–H groups in total. The van der Waals surface area contributed by atoms with Gasteiger partial charge in [0.25, 0.3) is 0 Å². The van der Waals surface area contributed by atoms with E-state index in [4.69, 9.17) is 18.9 Å². The Hall–Kier alpha value is -1.63. The molecule has 25 heavy (non-hydrogen) atoms. The Labute approximate surface area is 162 Å². The number of methoxy groups -OCH3 is 1. The Bertz CT molecular complexity index is 726. The van der Waals surface area contributed by atoms with E-state index in [0.29, 0.717) is 18.1 Å². The summed E-state index contributed by atoms with van der Waals surface area (Å²) in [4.78, 5) is 0. The van der Waals surface area contributed by atoms with E-state index in [1.165, 1.54) is 0 Å². The summed E-state index contributed by atoms with van der Waals surface area (Å²) in [7, 11) is 1.65. The normalized spacial score (nSPS) is 11.8. The molecular formula is C18H21BrClNO4. The summed E-state index contributed by atoms with van der Waals surface area (Å²) in [6.07, 6.45) is 0. The predicted molar refractivity (Wildman–Crippen MR) is 102 cm³/mol. The molecule has 0 aromatic heterocycles. The molecule has 136 valence electrons. The summed E-state index contributed by atoms with van der Waals surface area (Å²) in [6.45, 7) is 4.47. The van der Waals surface area contributed by atoms with Crippen molar-refractivity contribution >= 4 is 28.3 Å². The summed E-state index contributed by atoms with van der Waals surface area (Å²) in [5.41, 5.74) is 2.14. The molecule has 0 saturated heterocycles. The molecule has 0 fully saturated rings. The quantitative estimate of drug-likeness (QED) is 0.710. The fourth-order valence-electron chi connectivity index (χ4n) is 2.47. The molecule has 0 saturated carbocycles. The monoisotopic (exact) mass is 429 g/mol. The molecule has 1 heterocycles. The molecule has 7 heteroatoms. The van der Waals surface area contributed by atoms with E-state index in [2.05, 4.69) is 28.2 Å². The van der Waals surface area contributed by atoms with Gasteiger partial charge in [0.05, 0.1) is 11.6 Å². The number of fused-ring (bicyclic) bond motifs is 1. The molecule has 0 spiro atoms. The zero-order chi connectivity index (χ0) is 16.9. The molecule has 2 aromatic rings. The van der Waals surface area contributed by atoms with Gasteiger partial charge in [-0.15, -0.1) is 12.4 Å². The third-order valence-electron chi connectivity index (χ3n) is 3.69. The molecule has 1 aliphatic heterocycles. The third-order valence-corrected chi connectivity index (χ3v) is 4.28. The van der Waals surface area contributed by atoms with Crippen LogP contribution in [0.3, 0.4) is 0 Å². The van der Waals surface area contributed by atoms with Gasteiger partial charge in [0.1, 0.15) is 6.61 Å². The van der Waals surface area contributed by atoms with E-state index in [-0.39, 0.29) is 19.2 Å². The fourth-order valence-corrected chi connectivity index (χ4v) is 3.07. The van der Waals surface area contributed by atoms with Gasteiger partial charge in [-0.25, -0.2) is 0 Å². The molecule has 3 rings (SSSR count). The zero-order valence-corrected chi connectivity index (χ0v) is 16.5. The van der Waals surface area contributed by atoms with Crippen molar-refractivity contribution in [1.82, 2.24) is 5.32 Å². The van der Waals surface area contributed by atoms with Gasteiger partial charge in [0.15, 0.2) is 23.0 Å². The zero-order valence-electron chi connectivity index (χ0n) is 14.1. The highest BCUT2D eigenvalue weighted by Gasteiger charge is 2.15. The van der Waals surface area contributed by atoms with Gasteiger partial charge in [-0.05, 0) is 57.9 Å². The molecule has 0 aliphatic carbocycles. The number of ether oxygens (including phenoxy) is 4. The molecule has 5 nitrogen and oxygen atoms in total. The summed E-state index contributed by atoms with van der Waals surface area (Å²) in [5.74, 6) is 2.92. The lowest BCUT2D eigenvalue weighted by atomic mass is 10.2. The predicted octanol–water partition coefficient (Wildman–Crippen LogP) is 4.30. The van der Waals surface area contributed by atoms with Crippen LogP contribution in [-0.2, 0) is 13.2 Å². The van der Waals surface area contributed by atoms with Gasteiger partial charge >= 0.3 is 0 Å². The summed E-state index contributed by atoms with van der Waals surface area (Å²) in [5, 5.41) is 3.30. The van der Waals surface area contributed by atoms with E-state index >= 15 is 0 Å². The van der Waals surface area contributed by atoms with Crippen LogP contribution in [-0.4, -0.2) is 20.4 Å². The van der Waals surface area contributed by atoms with E-state index in [9.17, 15) is 0 Å². The third kappa shape index (κ3) is 4.71. The largest absolute Gasteiger partial charge is 0.493 e. The summed E-state index contributed by atoms with van der Waals surface area (Å²) in [6, 6.07) is 9.82. The van der Waals surface area contributed by atoms with Crippen LogP contribution >= 0.6 is 28.3 Å². The maximum atomic E-state index is 5.98. The molecule has 0 unspecified atom stereocenters. The lowest BCUT2D eigenvalue weighted by Crippen LogP contribution is -2.12. The molecule has 0 atom stereocenters. The number of hydrogen-bond donors (Lipinski definition) is 1. The number of benzene rings is 2. The van der Waals surface area contributed by atoms with Crippen molar-refractivity contribution in [1.29, 1.82) is 0 Å².